The minimum atomic E-state index is -3.65. The van der Waals surface area contributed by atoms with Crippen molar-refractivity contribution in [3.05, 3.63) is 16.5 Å². The summed E-state index contributed by atoms with van der Waals surface area (Å²) in [6.45, 7) is 0.178. The van der Waals surface area contributed by atoms with Crippen molar-refractivity contribution >= 4 is 54.7 Å². The van der Waals surface area contributed by atoms with Gasteiger partial charge in [-0.15, -0.1) is 0 Å². The third-order valence-electron chi connectivity index (χ3n) is 2.59. The normalized spacial score (nSPS) is 20.1. The van der Waals surface area contributed by atoms with E-state index in [4.69, 9.17) is 33.9 Å². The molecule has 0 aliphatic carbocycles. The zero-order valence-electron chi connectivity index (χ0n) is 9.38. The summed E-state index contributed by atoms with van der Waals surface area (Å²) in [5.74, 6) is -0.754. The van der Waals surface area contributed by atoms with Gasteiger partial charge in [0, 0.05) is 29.6 Å². The van der Waals surface area contributed by atoms with Crippen LogP contribution in [0.1, 0.15) is 6.42 Å². The summed E-state index contributed by atoms with van der Waals surface area (Å²) in [4.78, 5) is 20.7. The smallest absolute Gasteiger partial charge is 0.232 e. The predicted octanol–water partition coefficient (Wildman–Crippen LogP) is 1.70. The molecule has 104 valence electrons. The molecule has 6 nitrogen and oxygen atoms in total. The molecule has 0 spiro atoms. The van der Waals surface area contributed by atoms with Crippen LogP contribution in [0, 0.1) is 5.92 Å². The molecular formula is C9H8Cl3N3O3S. The standard InChI is InChI=1S/C9H8Cl3N3O3S/c10-6-2-13-9(11)14-8(6)15-3-5(1-7(15)16)4-19(12,17)18/h2,5H,1,3-4H2. The molecule has 1 saturated heterocycles. The van der Waals surface area contributed by atoms with Crippen molar-refractivity contribution in [2.75, 3.05) is 17.2 Å². The van der Waals surface area contributed by atoms with Crippen LogP contribution in [0.5, 0.6) is 0 Å². The molecule has 0 bridgehead atoms. The van der Waals surface area contributed by atoms with Crippen LogP contribution in [0.15, 0.2) is 6.20 Å². The van der Waals surface area contributed by atoms with Crippen LogP contribution in [0.3, 0.4) is 0 Å². The van der Waals surface area contributed by atoms with E-state index in [0.29, 0.717) is 0 Å². The summed E-state index contributed by atoms with van der Waals surface area (Å²) in [5.41, 5.74) is 0. The molecule has 2 rings (SSSR count). The second-order valence-corrected chi connectivity index (χ2v) is 7.66. The van der Waals surface area contributed by atoms with Crippen molar-refractivity contribution in [1.82, 2.24) is 9.97 Å². The highest BCUT2D eigenvalue weighted by Crippen LogP contribution is 2.30. The summed E-state index contributed by atoms with van der Waals surface area (Å²) in [6.07, 6.45) is 1.36. The Morgan fingerprint density at radius 2 is 2.11 bits per heavy atom. The Morgan fingerprint density at radius 3 is 2.74 bits per heavy atom. The molecule has 1 unspecified atom stereocenters. The maximum absolute atomic E-state index is 11.9. The molecule has 0 saturated carbocycles. The van der Waals surface area contributed by atoms with Gasteiger partial charge in [-0.2, -0.15) is 4.98 Å². The van der Waals surface area contributed by atoms with Crippen LogP contribution in [0.2, 0.25) is 10.3 Å². The van der Waals surface area contributed by atoms with Crippen molar-refractivity contribution in [3.8, 4) is 0 Å². The third-order valence-corrected chi connectivity index (χ3v) is 4.29. The molecule has 1 aromatic heterocycles. The van der Waals surface area contributed by atoms with Crippen molar-refractivity contribution in [1.29, 1.82) is 0 Å². The van der Waals surface area contributed by atoms with Crippen LogP contribution in [-0.2, 0) is 13.8 Å². The highest BCUT2D eigenvalue weighted by atomic mass is 35.7. The topological polar surface area (TPSA) is 80.2 Å². The van der Waals surface area contributed by atoms with Gasteiger partial charge in [0.15, 0.2) is 5.82 Å². The SMILES string of the molecule is O=C1CC(CS(=O)(=O)Cl)CN1c1nc(Cl)ncc1Cl. The molecule has 19 heavy (non-hydrogen) atoms. The predicted molar refractivity (Wildman–Crippen MR) is 72.2 cm³/mol. The quantitative estimate of drug-likeness (QED) is 0.616. The highest BCUT2D eigenvalue weighted by Gasteiger charge is 2.34. The van der Waals surface area contributed by atoms with E-state index in [1.54, 1.807) is 0 Å². The molecule has 0 radical (unpaired) electrons. The number of anilines is 1. The molecule has 0 aromatic carbocycles. The maximum atomic E-state index is 11.9. The van der Waals surface area contributed by atoms with Crippen molar-refractivity contribution in [2.45, 2.75) is 6.42 Å². The Balaban J connectivity index is 2.23. The fourth-order valence-electron chi connectivity index (χ4n) is 1.91. The summed E-state index contributed by atoms with van der Waals surface area (Å²) in [6, 6.07) is 0. The summed E-state index contributed by atoms with van der Waals surface area (Å²) in [7, 11) is 1.53. The number of halogens is 3. The van der Waals surface area contributed by atoms with Crippen molar-refractivity contribution < 1.29 is 13.2 Å². The lowest BCUT2D eigenvalue weighted by molar-refractivity contribution is -0.117. The Kier molecular flexibility index (Phi) is 4.20. The molecule has 1 atom stereocenters. The van der Waals surface area contributed by atoms with Gasteiger partial charge >= 0.3 is 0 Å². The van der Waals surface area contributed by atoms with Crippen molar-refractivity contribution in [2.24, 2.45) is 5.92 Å². The first kappa shape index (κ1) is 14.8. The van der Waals surface area contributed by atoms with Crippen molar-refractivity contribution in [3.63, 3.8) is 0 Å². The first-order chi connectivity index (χ1) is 8.76. The zero-order chi connectivity index (χ0) is 14.2. The number of rotatable bonds is 3. The lowest BCUT2D eigenvalue weighted by Crippen LogP contribution is -2.26. The Bertz CT molecular complexity index is 622. The van der Waals surface area contributed by atoms with E-state index in [1.807, 2.05) is 0 Å². The van der Waals surface area contributed by atoms with E-state index in [2.05, 4.69) is 9.97 Å². The minimum absolute atomic E-state index is 0.0411. The number of hydrogen-bond donors (Lipinski definition) is 0. The fourth-order valence-corrected chi connectivity index (χ4v) is 3.55. The first-order valence-corrected chi connectivity index (χ1v) is 8.40. The van der Waals surface area contributed by atoms with Crippen LogP contribution < -0.4 is 4.90 Å². The average Bonchev–Trinajstić information content (AvgIpc) is 2.60. The number of carbonyl (C=O) groups is 1. The van der Waals surface area contributed by atoms with Crippen LogP contribution in [0.4, 0.5) is 5.82 Å². The van der Waals surface area contributed by atoms with Gasteiger partial charge < -0.3 is 0 Å². The van der Waals surface area contributed by atoms with E-state index >= 15 is 0 Å². The average molecular weight is 345 g/mol. The van der Waals surface area contributed by atoms with E-state index < -0.39 is 9.05 Å². The van der Waals surface area contributed by atoms with Gasteiger partial charge in [-0.25, -0.2) is 13.4 Å². The van der Waals surface area contributed by atoms with Crippen LogP contribution in [-0.4, -0.2) is 36.6 Å². The summed E-state index contributed by atoms with van der Waals surface area (Å²) in [5, 5.41) is 0.132. The fraction of sp³-hybridized carbons (Fsp3) is 0.444. The zero-order valence-corrected chi connectivity index (χ0v) is 12.5. The largest absolute Gasteiger partial charge is 0.295 e. The van der Waals surface area contributed by atoms with Gasteiger partial charge in [-0.1, -0.05) is 11.6 Å². The van der Waals surface area contributed by atoms with E-state index in [1.165, 1.54) is 11.1 Å². The number of aromatic nitrogens is 2. The molecule has 1 aromatic rings. The molecule has 2 heterocycles. The molecule has 1 amide bonds. The number of nitrogens with zero attached hydrogens (tertiary/aromatic N) is 3. The number of amides is 1. The van der Waals surface area contributed by atoms with E-state index in [-0.39, 0.29) is 46.7 Å². The van der Waals surface area contributed by atoms with Crippen LogP contribution >= 0.6 is 33.9 Å². The number of hydrogen-bond acceptors (Lipinski definition) is 5. The maximum Gasteiger partial charge on any atom is 0.232 e. The Morgan fingerprint density at radius 1 is 1.42 bits per heavy atom. The third kappa shape index (κ3) is 3.68. The van der Waals surface area contributed by atoms with E-state index in [9.17, 15) is 13.2 Å². The Labute approximate surface area is 124 Å². The first-order valence-electron chi connectivity index (χ1n) is 5.17. The molecule has 1 aliphatic rings. The van der Waals surface area contributed by atoms with Gasteiger partial charge in [0.25, 0.3) is 0 Å². The monoisotopic (exact) mass is 343 g/mol. The summed E-state index contributed by atoms with van der Waals surface area (Å²) < 4.78 is 22.0. The second kappa shape index (κ2) is 5.40. The lowest BCUT2D eigenvalue weighted by Gasteiger charge is -2.16. The van der Waals surface area contributed by atoms with Gasteiger partial charge in [-0.05, 0) is 11.6 Å². The molecular weight excluding hydrogens is 337 g/mol. The van der Waals surface area contributed by atoms with Gasteiger partial charge in [0.2, 0.25) is 20.2 Å². The van der Waals surface area contributed by atoms with Gasteiger partial charge in [0.1, 0.15) is 5.02 Å². The van der Waals surface area contributed by atoms with Gasteiger partial charge in [0.05, 0.1) is 11.9 Å². The van der Waals surface area contributed by atoms with Crippen LogP contribution in [0.25, 0.3) is 0 Å². The van der Waals surface area contributed by atoms with E-state index in [0.717, 1.165) is 0 Å². The molecule has 10 heteroatoms. The number of carbonyl (C=O) groups excluding carboxylic acids is 1. The second-order valence-electron chi connectivity index (χ2n) is 4.09. The molecule has 1 aliphatic heterocycles. The Hall–Kier alpha value is -0.630. The summed E-state index contributed by atoms with van der Waals surface area (Å²) >= 11 is 11.6. The molecule has 0 N–H and O–H groups in total. The lowest BCUT2D eigenvalue weighted by atomic mass is 10.1. The minimum Gasteiger partial charge on any atom is -0.295 e. The molecule has 1 fully saturated rings. The highest BCUT2D eigenvalue weighted by molar-refractivity contribution is 8.13. The van der Waals surface area contributed by atoms with Gasteiger partial charge in [-0.3, -0.25) is 9.69 Å².